The highest BCUT2D eigenvalue weighted by Gasteiger charge is 2.48. The van der Waals surface area contributed by atoms with E-state index in [2.05, 4.69) is 0 Å². The molecule has 0 N–H and O–H groups in total. The van der Waals surface area contributed by atoms with Crippen LogP contribution >= 0.6 is 0 Å². The van der Waals surface area contributed by atoms with Gasteiger partial charge in [0.1, 0.15) is 18.0 Å². The van der Waals surface area contributed by atoms with Crippen molar-refractivity contribution >= 4 is 17.7 Å². The van der Waals surface area contributed by atoms with Crippen LogP contribution in [0.2, 0.25) is 0 Å². The van der Waals surface area contributed by atoms with Crippen LogP contribution < -0.4 is 4.90 Å². The Morgan fingerprint density at radius 3 is 2.54 bits per heavy atom. The number of anilines is 1. The van der Waals surface area contributed by atoms with E-state index in [1.54, 1.807) is 44.9 Å². The zero-order chi connectivity index (χ0) is 19.1. The minimum atomic E-state index is -0.619. The third kappa shape index (κ3) is 3.41. The van der Waals surface area contributed by atoms with Crippen LogP contribution in [0.25, 0.3) is 0 Å². The van der Waals surface area contributed by atoms with Crippen molar-refractivity contribution in [3.8, 4) is 0 Å². The first-order valence-electron chi connectivity index (χ1n) is 9.16. The van der Waals surface area contributed by atoms with Gasteiger partial charge in [-0.05, 0) is 45.7 Å². The van der Waals surface area contributed by atoms with Crippen molar-refractivity contribution in [3.63, 3.8) is 0 Å². The number of ether oxygens (including phenoxy) is 1. The molecule has 1 fully saturated rings. The fraction of sp³-hybridized carbons (Fsp3) is 0.600. The van der Waals surface area contributed by atoms with E-state index >= 15 is 0 Å². The van der Waals surface area contributed by atoms with E-state index in [-0.39, 0.29) is 23.7 Å². The Balaban J connectivity index is 1.79. The molecule has 6 heteroatoms. The van der Waals surface area contributed by atoms with Gasteiger partial charge in [0.05, 0.1) is 5.69 Å². The summed E-state index contributed by atoms with van der Waals surface area (Å²) >= 11 is 0. The molecule has 0 radical (unpaired) electrons. The van der Waals surface area contributed by atoms with Crippen LogP contribution in [0.1, 0.15) is 52.0 Å². The summed E-state index contributed by atoms with van der Waals surface area (Å²) in [6, 6.07) is 4.91. The molecule has 2 aliphatic rings. The summed E-state index contributed by atoms with van der Waals surface area (Å²) < 4.78 is 19.9. The zero-order valence-corrected chi connectivity index (χ0v) is 16.0. The SMILES string of the molecule is CN(CC(=O)N1CC2(CCCC2)c2c(F)cccc21)C(=O)OC(C)(C)C. The molecule has 0 atom stereocenters. The Morgan fingerprint density at radius 1 is 1.27 bits per heavy atom. The lowest BCUT2D eigenvalue weighted by Gasteiger charge is -2.27. The standard InChI is InChI=1S/C20H27FN2O3/c1-19(2,3)26-18(25)22(4)12-16(24)23-13-20(10-5-6-11-20)17-14(21)8-7-9-15(17)23/h7-9H,5-6,10-13H2,1-4H3. The third-order valence-corrected chi connectivity index (χ3v) is 5.21. The number of halogens is 1. The molecular formula is C20H27FN2O3. The van der Waals surface area contributed by atoms with Crippen LogP contribution in [0, 0.1) is 5.82 Å². The first-order valence-corrected chi connectivity index (χ1v) is 9.16. The second kappa shape index (κ2) is 6.56. The Bertz CT molecular complexity index is 720. The molecule has 26 heavy (non-hydrogen) atoms. The molecule has 0 unspecified atom stereocenters. The lowest BCUT2D eigenvalue weighted by atomic mass is 9.80. The Hall–Kier alpha value is -2.11. The quantitative estimate of drug-likeness (QED) is 0.803. The van der Waals surface area contributed by atoms with E-state index in [1.165, 1.54) is 11.0 Å². The molecule has 0 bridgehead atoms. The molecular weight excluding hydrogens is 335 g/mol. The van der Waals surface area contributed by atoms with E-state index in [4.69, 9.17) is 4.74 Å². The van der Waals surface area contributed by atoms with Gasteiger partial charge in [-0.25, -0.2) is 9.18 Å². The first-order chi connectivity index (χ1) is 12.1. The second-order valence-corrected chi connectivity index (χ2v) is 8.44. The summed E-state index contributed by atoms with van der Waals surface area (Å²) in [7, 11) is 1.54. The van der Waals surface area contributed by atoms with E-state index in [0.717, 1.165) is 25.7 Å². The van der Waals surface area contributed by atoms with Crippen LogP contribution in [0.5, 0.6) is 0 Å². The van der Waals surface area contributed by atoms with E-state index in [9.17, 15) is 14.0 Å². The van der Waals surface area contributed by atoms with Crippen LogP contribution in [-0.2, 0) is 14.9 Å². The van der Waals surface area contributed by atoms with Gasteiger partial charge in [-0.3, -0.25) is 4.79 Å². The number of likely N-dealkylation sites (N-methyl/N-ethyl adjacent to an activating group) is 1. The number of rotatable bonds is 2. The van der Waals surface area contributed by atoms with Gasteiger partial charge < -0.3 is 14.5 Å². The van der Waals surface area contributed by atoms with Crippen molar-refractivity contribution in [1.82, 2.24) is 4.90 Å². The summed E-state index contributed by atoms with van der Waals surface area (Å²) in [5.74, 6) is -0.450. The molecule has 1 spiro atoms. The summed E-state index contributed by atoms with van der Waals surface area (Å²) in [6.07, 6.45) is 3.35. The monoisotopic (exact) mass is 362 g/mol. The molecule has 3 rings (SSSR count). The van der Waals surface area contributed by atoms with Crippen LogP contribution in [-0.4, -0.2) is 42.6 Å². The molecule has 1 saturated carbocycles. The van der Waals surface area contributed by atoms with Crippen molar-refractivity contribution in [2.45, 2.75) is 57.5 Å². The number of hydrogen-bond acceptors (Lipinski definition) is 3. The fourth-order valence-electron chi connectivity index (χ4n) is 4.10. The molecule has 1 aliphatic carbocycles. The van der Waals surface area contributed by atoms with E-state index in [1.807, 2.05) is 0 Å². The van der Waals surface area contributed by atoms with Crippen LogP contribution in [0.3, 0.4) is 0 Å². The van der Waals surface area contributed by atoms with Crippen molar-refractivity contribution < 1.29 is 18.7 Å². The average molecular weight is 362 g/mol. The zero-order valence-electron chi connectivity index (χ0n) is 16.0. The molecule has 1 aliphatic heterocycles. The molecule has 0 aromatic heterocycles. The number of carbonyl (C=O) groups excluding carboxylic acids is 2. The number of carbonyl (C=O) groups is 2. The number of hydrogen-bond donors (Lipinski definition) is 0. The van der Waals surface area contributed by atoms with Crippen molar-refractivity contribution in [3.05, 3.63) is 29.6 Å². The minimum absolute atomic E-state index is 0.0963. The van der Waals surface area contributed by atoms with Gasteiger partial charge in [-0.15, -0.1) is 0 Å². The highest BCUT2D eigenvalue weighted by Crippen LogP contribution is 2.51. The number of fused-ring (bicyclic) bond motifs is 2. The summed E-state index contributed by atoms with van der Waals surface area (Å²) in [6.45, 7) is 5.74. The largest absolute Gasteiger partial charge is 0.444 e. The Morgan fingerprint density at radius 2 is 1.92 bits per heavy atom. The number of amides is 2. The number of benzene rings is 1. The van der Waals surface area contributed by atoms with Crippen LogP contribution in [0.4, 0.5) is 14.9 Å². The molecule has 142 valence electrons. The molecule has 0 saturated heterocycles. The van der Waals surface area contributed by atoms with Crippen molar-refractivity contribution in [2.24, 2.45) is 0 Å². The van der Waals surface area contributed by atoms with Gasteiger partial charge in [0.2, 0.25) is 5.91 Å². The predicted molar refractivity (Wildman–Crippen MR) is 97.8 cm³/mol. The van der Waals surface area contributed by atoms with Gasteiger partial charge >= 0.3 is 6.09 Å². The maximum Gasteiger partial charge on any atom is 0.410 e. The lowest BCUT2D eigenvalue weighted by molar-refractivity contribution is -0.119. The summed E-state index contributed by atoms with van der Waals surface area (Å²) in [4.78, 5) is 27.9. The van der Waals surface area contributed by atoms with Gasteiger partial charge in [-0.1, -0.05) is 18.9 Å². The fourth-order valence-corrected chi connectivity index (χ4v) is 4.10. The molecule has 5 nitrogen and oxygen atoms in total. The molecule has 2 amide bonds. The second-order valence-electron chi connectivity index (χ2n) is 8.44. The summed E-state index contributed by atoms with van der Waals surface area (Å²) in [5, 5.41) is 0. The molecule has 1 heterocycles. The first kappa shape index (κ1) is 18.7. The Labute approximate surface area is 154 Å². The minimum Gasteiger partial charge on any atom is -0.444 e. The highest BCUT2D eigenvalue weighted by atomic mass is 19.1. The average Bonchev–Trinajstić information content (AvgIpc) is 3.12. The maximum atomic E-state index is 14.6. The van der Waals surface area contributed by atoms with E-state index < -0.39 is 11.7 Å². The smallest absolute Gasteiger partial charge is 0.410 e. The summed E-state index contributed by atoms with van der Waals surface area (Å²) in [5.41, 5.74) is 0.423. The van der Waals surface area contributed by atoms with Gasteiger partial charge in [0.25, 0.3) is 0 Å². The van der Waals surface area contributed by atoms with E-state index in [0.29, 0.717) is 17.8 Å². The predicted octanol–water partition coefficient (Wildman–Crippen LogP) is 3.85. The Kier molecular flexibility index (Phi) is 4.71. The lowest BCUT2D eigenvalue weighted by Crippen LogP contribution is -2.44. The highest BCUT2D eigenvalue weighted by molar-refractivity contribution is 5.98. The van der Waals surface area contributed by atoms with Crippen molar-refractivity contribution in [1.29, 1.82) is 0 Å². The number of nitrogens with zero attached hydrogens (tertiary/aromatic N) is 2. The molecule has 1 aromatic carbocycles. The maximum absolute atomic E-state index is 14.6. The van der Waals surface area contributed by atoms with Crippen molar-refractivity contribution in [2.75, 3.05) is 25.0 Å². The van der Waals surface area contributed by atoms with Gasteiger partial charge in [0.15, 0.2) is 0 Å². The van der Waals surface area contributed by atoms with Gasteiger partial charge in [-0.2, -0.15) is 0 Å². The molecule has 1 aromatic rings. The van der Waals surface area contributed by atoms with Gasteiger partial charge in [0, 0.05) is 24.6 Å². The topological polar surface area (TPSA) is 49.9 Å². The third-order valence-electron chi connectivity index (χ3n) is 5.21. The van der Waals surface area contributed by atoms with Crippen LogP contribution in [0.15, 0.2) is 18.2 Å². The normalized spacial score (nSPS) is 18.1.